The molecule has 4 heteroatoms. The van der Waals surface area contributed by atoms with Gasteiger partial charge in [0.05, 0.1) is 13.2 Å². The van der Waals surface area contributed by atoms with Crippen LogP contribution in [0.25, 0.3) is 0 Å². The Hall–Kier alpha value is -0.550. The molecule has 2 heterocycles. The summed E-state index contributed by atoms with van der Waals surface area (Å²) in [4.78, 5) is 3.97. The molecule has 1 aromatic carbocycles. The van der Waals surface area contributed by atoms with Gasteiger partial charge < -0.3 is 10.5 Å². The number of rotatable bonds is 3. The summed E-state index contributed by atoms with van der Waals surface area (Å²) in [5.74, 6) is 1.85. The van der Waals surface area contributed by atoms with Crippen LogP contribution in [0.15, 0.2) is 29.2 Å². The van der Waals surface area contributed by atoms with E-state index in [0.717, 1.165) is 26.3 Å². The number of nitrogens with two attached hydrogens (primary N) is 1. The van der Waals surface area contributed by atoms with E-state index in [1.165, 1.54) is 16.2 Å². The van der Waals surface area contributed by atoms with E-state index in [1.807, 2.05) is 11.8 Å². The fourth-order valence-corrected chi connectivity index (χ4v) is 4.05. The quantitative estimate of drug-likeness (QED) is 0.899. The smallest absolute Gasteiger partial charge is 0.0634 e. The maximum Gasteiger partial charge on any atom is 0.0634 e. The van der Waals surface area contributed by atoms with Crippen LogP contribution < -0.4 is 5.73 Å². The first-order valence-electron chi connectivity index (χ1n) is 6.62. The Morgan fingerprint density at radius 1 is 1.39 bits per heavy atom. The van der Waals surface area contributed by atoms with Crippen LogP contribution in [0, 0.1) is 0 Å². The van der Waals surface area contributed by atoms with Gasteiger partial charge >= 0.3 is 0 Å². The SMILES string of the molecule is NCC1COCCN1CC1CSc2ccccc21. The fourth-order valence-electron chi connectivity index (χ4n) is 2.81. The minimum Gasteiger partial charge on any atom is -0.378 e. The number of hydrogen-bond acceptors (Lipinski definition) is 4. The van der Waals surface area contributed by atoms with Gasteiger partial charge in [-0.3, -0.25) is 4.90 Å². The third-order valence-corrected chi connectivity index (χ3v) is 5.13. The van der Waals surface area contributed by atoms with Gasteiger partial charge in [-0.25, -0.2) is 0 Å². The summed E-state index contributed by atoms with van der Waals surface area (Å²) < 4.78 is 5.51. The lowest BCUT2D eigenvalue weighted by atomic mass is 10.00. The third kappa shape index (κ3) is 2.43. The molecule has 0 spiro atoms. The zero-order valence-corrected chi connectivity index (χ0v) is 11.4. The minimum absolute atomic E-state index is 0.400. The monoisotopic (exact) mass is 264 g/mol. The van der Waals surface area contributed by atoms with E-state index in [0.29, 0.717) is 18.5 Å². The number of benzene rings is 1. The Labute approximate surface area is 113 Å². The second-order valence-corrected chi connectivity index (χ2v) is 6.07. The number of thioether (sulfide) groups is 1. The zero-order valence-electron chi connectivity index (χ0n) is 10.5. The summed E-state index contributed by atoms with van der Waals surface area (Å²) in [6.07, 6.45) is 0. The van der Waals surface area contributed by atoms with Gasteiger partial charge in [0.2, 0.25) is 0 Å². The van der Waals surface area contributed by atoms with Gasteiger partial charge in [0.25, 0.3) is 0 Å². The zero-order chi connectivity index (χ0) is 12.4. The molecule has 0 aromatic heterocycles. The number of hydrogen-bond donors (Lipinski definition) is 1. The predicted octanol–water partition coefficient (Wildman–Crippen LogP) is 1.54. The average Bonchev–Trinajstić information content (AvgIpc) is 2.83. The van der Waals surface area contributed by atoms with E-state index in [2.05, 4.69) is 29.2 Å². The maximum absolute atomic E-state index is 5.84. The van der Waals surface area contributed by atoms with Crippen LogP contribution in [0.2, 0.25) is 0 Å². The molecule has 0 bridgehead atoms. The summed E-state index contributed by atoms with van der Waals surface area (Å²) in [7, 11) is 0. The molecule has 0 aliphatic carbocycles. The number of morpholine rings is 1. The maximum atomic E-state index is 5.84. The molecule has 2 aliphatic heterocycles. The summed E-state index contributed by atoms with van der Waals surface area (Å²) in [6.45, 7) is 4.47. The molecule has 1 aromatic rings. The van der Waals surface area contributed by atoms with Gasteiger partial charge in [0, 0.05) is 42.2 Å². The topological polar surface area (TPSA) is 38.5 Å². The summed E-state index contributed by atoms with van der Waals surface area (Å²) >= 11 is 1.98. The van der Waals surface area contributed by atoms with Crippen LogP contribution in [0.5, 0.6) is 0 Å². The Morgan fingerprint density at radius 3 is 3.17 bits per heavy atom. The van der Waals surface area contributed by atoms with Crippen molar-refractivity contribution < 1.29 is 4.74 Å². The highest BCUT2D eigenvalue weighted by Gasteiger charge is 2.29. The lowest BCUT2D eigenvalue weighted by Gasteiger charge is -2.36. The Morgan fingerprint density at radius 2 is 2.28 bits per heavy atom. The van der Waals surface area contributed by atoms with Gasteiger partial charge in [-0.15, -0.1) is 11.8 Å². The highest BCUT2D eigenvalue weighted by molar-refractivity contribution is 7.99. The molecule has 98 valence electrons. The third-order valence-electron chi connectivity index (χ3n) is 3.88. The summed E-state index contributed by atoms with van der Waals surface area (Å²) in [5, 5.41) is 0. The van der Waals surface area contributed by atoms with Crippen molar-refractivity contribution in [3.05, 3.63) is 29.8 Å². The molecular formula is C14H20N2OS. The normalized spacial score (nSPS) is 28.3. The van der Waals surface area contributed by atoms with Crippen LogP contribution in [0.3, 0.4) is 0 Å². The van der Waals surface area contributed by atoms with Crippen LogP contribution in [0.4, 0.5) is 0 Å². The molecule has 0 amide bonds. The van der Waals surface area contributed by atoms with Crippen molar-refractivity contribution in [1.29, 1.82) is 0 Å². The first-order chi connectivity index (χ1) is 8.88. The predicted molar refractivity (Wildman–Crippen MR) is 75.1 cm³/mol. The van der Waals surface area contributed by atoms with Crippen LogP contribution >= 0.6 is 11.8 Å². The number of nitrogens with zero attached hydrogens (tertiary/aromatic N) is 1. The summed E-state index contributed by atoms with van der Waals surface area (Å²) in [5.41, 5.74) is 7.35. The largest absolute Gasteiger partial charge is 0.378 e. The molecule has 18 heavy (non-hydrogen) atoms. The van der Waals surface area contributed by atoms with E-state index in [4.69, 9.17) is 10.5 Å². The number of ether oxygens (including phenoxy) is 1. The van der Waals surface area contributed by atoms with Crippen molar-refractivity contribution in [3.63, 3.8) is 0 Å². The van der Waals surface area contributed by atoms with Gasteiger partial charge in [-0.1, -0.05) is 18.2 Å². The molecule has 0 saturated carbocycles. The lowest BCUT2D eigenvalue weighted by molar-refractivity contribution is -0.00565. The molecule has 2 unspecified atom stereocenters. The van der Waals surface area contributed by atoms with Crippen molar-refractivity contribution in [2.24, 2.45) is 5.73 Å². The van der Waals surface area contributed by atoms with Gasteiger partial charge in [-0.05, 0) is 11.6 Å². The van der Waals surface area contributed by atoms with E-state index < -0.39 is 0 Å². The minimum atomic E-state index is 0.400. The van der Waals surface area contributed by atoms with Crippen LogP contribution in [0.1, 0.15) is 11.5 Å². The van der Waals surface area contributed by atoms with E-state index >= 15 is 0 Å². The average molecular weight is 264 g/mol. The van der Waals surface area contributed by atoms with Crippen molar-refractivity contribution in [2.45, 2.75) is 16.9 Å². The standard InChI is InChI=1S/C14H20N2OS/c15-7-12-9-17-6-5-16(12)8-11-10-18-14-4-2-1-3-13(11)14/h1-4,11-12H,5-10,15H2. The Kier molecular flexibility index (Phi) is 3.89. The first kappa shape index (κ1) is 12.5. The molecule has 2 aliphatic rings. The highest BCUT2D eigenvalue weighted by Crippen LogP contribution is 2.39. The summed E-state index contributed by atoms with van der Waals surface area (Å²) in [6, 6.07) is 9.19. The molecule has 2 N–H and O–H groups in total. The molecule has 2 atom stereocenters. The Bertz CT molecular complexity index is 413. The van der Waals surface area contributed by atoms with Gasteiger partial charge in [0.15, 0.2) is 0 Å². The molecule has 3 nitrogen and oxygen atoms in total. The van der Waals surface area contributed by atoms with E-state index in [1.54, 1.807) is 0 Å². The van der Waals surface area contributed by atoms with Crippen molar-refractivity contribution in [2.75, 3.05) is 38.6 Å². The first-order valence-corrected chi connectivity index (χ1v) is 7.60. The van der Waals surface area contributed by atoms with Crippen molar-refractivity contribution in [3.8, 4) is 0 Å². The van der Waals surface area contributed by atoms with E-state index in [-0.39, 0.29) is 0 Å². The number of fused-ring (bicyclic) bond motifs is 1. The van der Waals surface area contributed by atoms with Crippen molar-refractivity contribution >= 4 is 11.8 Å². The van der Waals surface area contributed by atoms with E-state index in [9.17, 15) is 0 Å². The fraction of sp³-hybridized carbons (Fsp3) is 0.571. The van der Waals surface area contributed by atoms with Crippen LogP contribution in [-0.2, 0) is 4.74 Å². The second kappa shape index (κ2) is 5.61. The second-order valence-electron chi connectivity index (χ2n) is 5.01. The molecule has 1 saturated heterocycles. The van der Waals surface area contributed by atoms with Crippen LogP contribution in [-0.4, -0.2) is 49.5 Å². The highest BCUT2D eigenvalue weighted by atomic mass is 32.2. The Balaban J connectivity index is 1.70. The molecule has 1 fully saturated rings. The van der Waals surface area contributed by atoms with Gasteiger partial charge in [-0.2, -0.15) is 0 Å². The van der Waals surface area contributed by atoms with Crippen molar-refractivity contribution in [1.82, 2.24) is 4.90 Å². The molecular weight excluding hydrogens is 244 g/mol. The lowest BCUT2D eigenvalue weighted by Crippen LogP contribution is -2.50. The van der Waals surface area contributed by atoms with Gasteiger partial charge in [0.1, 0.15) is 0 Å². The molecule has 0 radical (unpaired) electrons. The molecule has 3 rings (SSSR count).